The summed E-state index contributed by atoms with van der Waals surface area (Å²) in [6.45, 7) is 0.0153. The summed E-state index contributed by atoms with van der Waals surface area (Å²) in [5.74, 6) is 1.11. The van der Waals surface area contributed by atoms with Crippen LogP contribution in [-0.2, 0) is 6.54 Å². The SMILES string of the molecule is CCC1CCC(NCc2cc(Br)ccc2OC(F)F)CC1. The Morgan fingerprint density at radius 3 is 2.62 bits per heavy atom. The molecule has 1 saturated carbocycles. The van der Waals surface area contributed by atoms with E-state index < -0.39 is 6.61 Å². The molecule has 1 N–H and O–H groups in total. The molecule has 0 amide bonds. The third kappa shape index (κ3) is 5.22. The van der Waals surface area contributed by atoms with Crippen LogP contribution in [0, 0.1) is 5.92 Å². The first-order valence-corrected chi connectivity index (χ1v) is 8.34. The van der Waals surface area contributed by atoms with E-state index in [1.807, 2.05) is 6.07 Å². The lowest BCUT2D eigenvalue weighted by atomic mass is 9.84. The van der Waals surface area contributed by atoms with Gasteiger partial charge in [0.1, 0.15) is 5.75 Å². The van der Waals surface area contributed by atoms with Gasteiger partial charge in [0.25, 0.3) is 0 Å². The summed E-state index contributed by atoms with van der Waals surface area (Å²) in [6.07, 6.45) is 6.10. The third-order valence-electron chi connectivity index (χ3n) is 4.24. The van der Waals surface area contributed by atoms with E-state index in [-0.39, 0.29) is 5.75 Å². The molecule has 21 heavy (non-hydrogen) atoms. The third-order valence-corrected chi connectivity index (χ3v) is 4.74. The van der Waals surface area contributed by atoms with Crippen LogP contribution in [0.5, 0.6) is 5.75 Å². The summed E-state index contributed by atoms with van der Waals surface area (Å²) in [6, 6.07) is 5.61. The summed E-state index contributed by atoms with van der Waals surface area (Å²) < 4.78 is 30.3. The second kappa shape index (κ2) is 8.08. The van der Waals surface area contributed by atoms with Gasteiger partial charge in [-0.05, 0) is 49.8 Å². The summed E-state index contributed by atoms with van der Waals surface area (Å²) in [4.78, 5) is 0. The topological polar surface area (TPSA) is 21.3 Å². The number of halogens is 3. The predicted molar refractivity (Wildman–Crippen MR) is 83.7 cm³/mol. The molecule has 0 heterocycles. The zero-order chi connectivity index (χ0) is 15.2. The van der Waals surface area contributed by atoms with Gasteiger partial charge in [-0.2, -0.15) is 8.78 Å². The molecule has 2 nitrogen and oxygen atoms in total. The fourth-order valence-corrected chi connectivity index (χ4v) is 3.33. The number of benzene rings is 1. The average Bonchev–Trinajstić information content (AvgIpc) is 2.47. The van der Waals surface area contributed by atoms with Crippen molar-refractivity contribution in [3.63, 3.8) is 0 Å². The van der Waals surface area contributed by atoms with Crippen molar-refractivity contribution in [1.29, 1.82) is 0 Å². The average molecular weight is 362 g/mol. The van der Waals surface area contributed by atoms with Crippen LogP contribution in [0.4, 0.5) is 8.78 Å². The van der Waals surface area contributed by atoms with Crippen molar-refractivity contribution in [3.05, 3.63) is 28.2 Å². The van der Waals surface area contributed by atoms with Gasteiger partial charge >= 0.3 is 6.61 Å². The lowest BCUT2D eigenvalue weighted by Gasteiger charge is -2.28. The van der Waals surface area contributed by atoms with Crippen molar-refractivity contribution in [3.8, 4) is 5.75 Å². The van der Waals surface area contributed by atoms with Crippen LogP contribution < -0.4 is 10.1 Å². The first-order valence-electron chi connectivity index (χ1n) is 7.55. The van der Waals surface area contributed by atoms with Gasteiger partial charge in [0.15, 0.2) is 0 Å². The molecule has 1 aromatic rings. The highest BCUT2D eigenvalue weighted by molar-refractivity contribution is 9.10. The molecule has 1 aliphatic carbocycles. The lowest BCUT2D eigenvalue weighted by molar-refractivity contribution is -0.0505. The van der Waals surface area contributed by atoms with E-state index in [0.717, 1.165) is 28.8 Å². The van der Waals surface area contributed by atoms with Gasteiger partial charge in [-0.25, -0.2) is 0 Å². The standard InChI is InChI=1S/C16H22BrF2NO/c1-2-11-3-6-14(7-4-11)20-10-12-9-13(17)5-8-15(12)21-16(18)19/h5,8-9,11,14,16,20H,2-4,6-7,10H2,1H3. The predicted octanol–water partition coefficient (Wildman–Crippen LogP) is 5.11. The van der Waals surface area contributed by atoms with Crippen LogP contribution in [0.15, 0.2) is 22.7 Å². The second-order valence-corrected chi connectivity index (χ2v) is 6.55. The molecule has 118 valence electrons. The molecule has 0 saturated heterocycles. The first-order chi connectivity index (χ1) is 10.1. The Labute approximate surface area is 133 Å². The molecule has 0 aliphatic heterocycles. The highest BCUT2D eigenvalue weighted by Crippen LogP contribution is 2.28. The lowest BCUT2D eigenvalue weighted by Crippen LogP contribution is -2.32. The smallest absolute Gasteiger partial charge is 0.387 e. The zero-order valence-electron chi connectivity index (χ0n) is 12.2. The molecule has 2 rings (SSSR count). The maximum atomic E-state index is 12.4. The van der Waals surface area contributed by atoms with Gasteiger partial charge in [-0.1, -0.05) is 29.3 Å². The maximum absolute atomic E-state index is 12.4. The Kier molecular flexibility index (Phi) is 6.42. The number of hydrogen-bond acceptors (Lipinski definition) is 2. The van der Waals surface area contributed by atoms with Gasteiger partial charge in [0.05, 0.1) is 0 Å². The molecule has 0 radical (unpaired) electrons. The van der Waals surface area contributed by atoms with E-state index in [2.05, 4.69) is 32.9 Å². The van der Waals surface area contributed by atoms with Crippen molar-refractivity contribution in [2.24, 2.45) is 5.92 Å². The van der Waals surface area contributed by atoms with Gasteiger partial charge in [0.2, 0.25) is 0 Å². The Hall–Kier alpha value is -0.680. The van der Waals surface area contributed by atoms with Crippen LogP contribution in [-0.4, -0.2) is 12.7 Å². The minimum Gasteiger partial charge on any atom is -0.434 e. The van der Waals surface area contributed by atoms with Crippen LogP contribution in [0.2, 0.25) is 0 Å². The number of hydrogen-bond donors (Lipinski definition) is 1. The molecular weight excluding hydrogens is 340 g/mol. The zero-order valence-corrected chi connectivity index (χ0v) is 13.8. The molecule has 5 heteroatoms. The highest BCUT2D eigenvalue weighted by atomic mass is 79.9. The Morgan fingerprint density at radius 2 is 2.00 bits per heavy atom. The molecule has 0 unspecified atom stereocenters. The van der Waals surface area contributed by atoms with E-state index in [1.54, 1.807) is 12.1 Å². The molecule has 0 aromatic heterocycles. The quantitative estimate of drug-likeness (QED) is 0.759. The maximum Gasteiger partial charge on any atom is 0.387 e. The molecule has 0 spiro atoms. The summed E-state index contributed by atoms with van der Waals surface area (Å²) >= 11 is 3.37. The fourth-order valence-electron chi connectivity index (χ4n) is 2.93. The Morgan fingerprint density at radius 1 is 1.29 bits per heavy atom. The molecule has 1 aromatic carbocycles. The van der Waals surface area contributed by atoms with E-state index in [0.29, 0.717) is 12.6 Å². The van der Waals surface area contributed by atoms with E-state index in [4.69, 9.17) is 0 Å². The monoisotopic (exact) mass is 361 g/mol. The van der Waals surface area contributed by atoms with Crippen molar-refractivity contribution >= 4 is 15.9 Å². The van der Waals surface area contributed by atoms with Gasteiger partial charge in [-0.15, -0.1) is 0 Å². The second-order valence-electron chi connectivity index (χ2n) is 5.64. The summed E-state index contributed by atoms with van der Waals surface area (Å²) in [5, 5.41) is 3.48. The Bertz CT molecular complexity index is 448. The van der Waals surface area contributed by atoms with Gasteiger partial charge < -0.3 is 10.1 Å². The summed E-state index contributed by atoms with van der Waals surface area (Å²) in [7, 11) is 0. The van der Waals surface area contributed by atoms with Crippen molar-refractivity contribution in [1.82, 2.24) is 5.32 Å². The number of rotatable bonds is 6. The van der Waals surface area contributed by atoms with E-state index >= 15 is 0 Å². The van der Waals surface area contributed by atoms with Crippen LogP contribution >= 0.6 is 15.9 Å². The van der Waals surface area contributed by atoms with E-state index in [9.17, 15) is 8.78 Å². The van der Waals surface area contributed by atoms with Crippen molar-refractivity contribution < 1.29 is 13.5 Å². The number of nitrogens with one attached hydrogen (secondary N) is 1. The van der Waals surface area contributed by atoms with Gasteiger partial charge in [0, 0.05) is 22.6 Å². The minimum atomic E-state index is -2.79. The first kappa shape index (κ1) is 16.7. The summed E-state index contributed by atoms with van der Waals surface area (Å²) in [5.41, 5.74) is 0.766. The van der Waals surface area contributed by atoms with Crippen LogP contribution in [0.1, 0.15) is 44.6 Å². The highest BCUT2D eigenvalue weighted by Gasteiger charge is 2.20. The Balaban J connectivity index is 1.91. The largest absolute Gasteiger partial charge is 0.434 e. The van der Waals surface area contributed by atoms with Gasteiger partial charge in [-0.3, -0.25) is 0 Å². The number of alkyl halides is 2. The fraction of sp³-hybridized carbons (Fsp3) is 0.625. The molecule has 1 aliphatic rings. The molecule has 0 bridgehead atoms. The van der Waals surface area contributed by atoms with Crippen molar-refractivity contribution in [2.45, 2.75) is 58.2 Å². The molecular formula is C16H22BrF2NO. The molecule has 1 fully saturated rings. The van der Waals surface area contributed by atoms with Crippen LogP contribution in [0.25, 0.3) is 0 Å². The van der Waals surface area contributed by atoms with E-state index in [1.165, 1.54) is 19.3 Å². The van der Waals surface area contributed by atoms with Crippen molar-refractivity contribution in [2.75, 3.05) is 0 Å². The minimum absolute atomic E-state index is 0.253. The number of ether oxygens (including phenoxy) is 1. The van der Waals surface area contributed by atoms with Crippen LogP contribution in [0.3, 0.4) is 0 Å². The normalized spacial score (nSPS) is 22.5. The molecule has 0 atom stereocenters.